The lowest BCUT2D eigenvalue weighted by molar-refractivity contribution is -0.385. The number of aryl methyl sites for hydroxylation is 1. The first-order chi connectivity index (χ1) is 11.0. The summed E-state index contributed by atoms with van der Waals surface area (Å²) < 4.78 is 11.1. The van der Waals surface area contributed by atoms with Crippen LogP contribution in [0, 0.1) is 17.0 Å². The highest BCUT2D eigenvalue weighted by atomic mass is 16.6. The van der Waals surface area contributed by atoms with Gasteiger partial charge in [0.1, 0.15) is 6.61 Å². The van der Waals surface area contributed by atoms with Crippen molar-refractivity contribution >= 4 is 17.3 Å². The van der Waals surface area contributed by atoms with E-state index in [9.17, 15) is 14.9 Å². The molecular formula is C16H14N2O5. The Morgan fingerprint density at radius 3 is 2.74 bits per heavy atom. The smallest absolute Gasteiger partial charge is 0.274 e. The van der Waals surface area contributed by atoms with Crippen LogP contribution in [0.3, 0.4) is 0 Å². The molecule has 1 aliphatic heterocycles. The lowest BCUT2D eigenvalue weighted by Crippen LogP contribution is -2.40. The Morgan fingerprint density at radius 2 is 2.00 bits per heavy atom. The van der Waals surface area contributed by atoms with Gasteiger partial charge in [-0.15, -0.1) is 0 Å². The Hall–Kier alpha value is -3.09. The second-order valence-electron chi connectivity index (χ2n) is 5.11. The van der Waals surface area contributed by atoms with E-state index in [4.69, 9.17) is 9.47 Å². The SMILES string of the molecule is Cc1ccc(NC(=O)[C@H]2COc3ccccc3O2)cc1[N+](=O)[O-]. The molecule has 0 fully saturated rings. The normalized spacial score (nSPS) is 15.8. The van der Waals surface area contributed by atoms with Crippen molar-refractivity contribution < 1.29 is 19.2 Å². The lowest BCUT2D eigenvalue weighted by Gasteiger charge is -2.25. The van der Waals surface area contributed by atoms with Crippen molar-refractivity contribution in [1.82, 2.24) is 0 Å². The molecule has 2 aromatic rings. The van der Waals surface area contributed by atoms with Gasteiger partial charge >= 0.3 is 0 Å². The Labute approximate surface area is 132 Å². The third-order valence-corrected chi connectivity index (χ3v) is 3.47. The van der Waals surface area contributed by atoms with Crippen molar-refractivity contribution in [2.75, 3.05) is 11.9 Å². The average Bonchev–Trinajstić information content (AvgIpc) is 2.55. The van der Waals surface area contributed by atoms with Crippen molar-refractivity contribution in [2.24, 2.45) is 0 Å². The van der Waals surface area contributed by atoms with Crippen molar-refractivity contribution in [3.05, 3.63) is 58.1 Å². The first-order valence-corrected chi connectivity index (χ1v) is 6.99. The van der Waals surface area contributed by atoms with Gasteiger partial charge in [-0.1, -0.05) is 18.2 Å². The maximum Gasteiger partial charge on any atom is 0.274 e. The Bertz CT molecular complexity index is 775. The lowest BCUT2D eigenvalue weighted by atomic mass is 10.2. The van der Waals surface area contributed by atoms with Crippen molar-refractivity contribution in [3.63, 3.8) is 0 Å². The zero-order chi connectivity index (χ0) is 16.4. The maximum absolute atomic E-state index is 12.3. The fraction of sp³-hybridized carbons (Fsp3) is 0.188. The van der Waals surface area contributed by atoms with Crippen LogP contribution in [-0.4, -0.2) is 23.5 Å². The number of fused-ring (bicyclic) bond motifs is 1. The molecule has 0 aromatic heterocycles. The molecule has 1 amide bonds. The summed E-state index contributed by atoms with van der Waals surface area (Å²) in [5.41, 5.74) is 0.822. The third-order valence-electron chi connectivity index (χ3n) is 3.47. The number of nitro benzene ring substituents is 1. The van der Waals surface area contributed by atoms with Crippen molar-refractivity contribution in [2.45, 2.75) is 13.0 Å². The summed E-state index contributed by atoms with van der Waals surface area (Å²) in [5, 5.41) is 13.6. The van der Waals surface area contributed by atoms with Crippen LogP contribution in [0.2, 0.25) is 0 Å². The van der Waals surface area contributed by atoms with Crippen LogP contribution in [-0.2, 0) is 4.79 Å². The summed E-state index contributed by atoms with van der Waals surface area (Å²) in [5.74, 6) is 0.661. The minimum Gasteiger partial charge on any atom is -0.485 e. The number of hydrogen-bond donors (Lipinski definition) is 1. The number of carbonyl (C=O) groups excluding carboxylic acids is 1. The summed E-state index contributed by atoms with van der Waals surface area (Å²) in [6.07, 6.45) is -0.815. The maximum atomic E-state index is 12.3. The van der Waals surface area contributed by atoms with Crippen molar-refractivity contribution in [3.8, 4) is 11.5 Å². The number of carbonyl (C=O) groups is 1. The molecule has 1 aliphatic rings. The van der Waals surface area contributed by atoms with E-state index in [0.717, 1.165) is 0 Å². The zero-order valence-corrected chi connectivity index (χ0v) is 12.3. The van der Waals surface area contributed by atoms with Gasteiger partial charge in [-0.2, -0.15) is 0 Å². The number of amides is 1. The Morgan fingerprint density at radius 1 is 1.26 bits per heavy atom. The summed E-state index contributed by atoms with van der Waals surface area (Å²) in [6, 6.07) is 11.6. The number of ether oxygens (including phenoxy) is 2. The Kier molecular flexibility index (Phi) is 3.84. The first kappa shape index (κ1) is 14.8. The first-order valence-electron chi connectivity index (χ1n) is 6.99. The van der Waals surface area contributed by atoms with Crippen LogP contribution < -0.4 is 14.8 Å². The molecule has 23 heavy (non-hydrogen) atoms. The standard InChI is InChI=1S/C16H14N2O5/c1-10-6-7-11(8-12(10)18(20)21)17-16(19)15-9-22-13-4-2-3-5-14(13)23-15/h2-8,15H,9H2,1H3,(H,17,19)/t15-/m1/s1. The monoisotopic (exact) mass is 314 g/mol. The van der Waals surface area contributed by atoms with Gasteiger partial charge in [0.15, 0.2) is 11.5 Å². The molecule has 118 valence electrons. The molecule has 0 saturated carbocycles. The Balaban J connectivity index is 1.73. The fourth-order valence-corrected chi connectivity index (χ4v) is 2.26. The molecule has 0 bridgehead atoms. The van der Waals surface area contributed by atoms with E-state index in [0.29, 0.717) is 22.7 Å². The van der Waals surface area contributed by atoms with E-state index >= 15 is 0 Å². The van der Waals surface area contributed by atoms with Gasteiger partial charge in [-0.05, 0) is 25.1 Å². The van der Waals surface area contributed by atoms with Crippen LogP contribution in [0.5, 0.6) is 11.5 Å². The molecule has 7 nitrogen and oxygen atoms in total. The number of para-hydroxylation sites is 2. The highest BCUT2D eigenvalue weighted by Crippen LogP contribution is 2.31. The minimum atomic E-state index is -0.815. The highest BCUT2D eigenvalue weighted by molar-refractivity contribution is 5.95. The van der Waals surface area contributed by atoms with Crippen molar-refractivity contribution in [1.29, 1.82) is 0 Å². The van der Waals surface area contributed by atoms with Crippen LogP contribution in [0.4, 0.5) is 11.4 Å². The summed E-state index contributed by atoms with van der Waals surface area (Å²) >= 11 is 0. The van der Waals surface area contributed by atoms with E-state index < -0.39 is 16.9 Å². The topological polar surface area (TPSA) is 90.7 Å². The quantitative estimate of drug-likeness (QED) is 0.695. The molecule has 0 aliphatic carbocycles. The number of anilines is 1. The predicted molar refractivity (Wildman–Crippen MR) is 82.8 cm³/mol. The predicted octanol–water partition coefficient (Wildman–Crippen LogP) is 2.68. The van der Waals surface area contributed by atoms with Crippen LogP contribution in [0.15, 0.2) is 42.5 Å². The molecule has 2 aromatic carbocycles. The fourth-order valence-electron chi connectivity index (χ4n) is 2.26. The number of benzene rings is 2. The highest BCUT2D eigenvalue weighted by Gasteiger charge is 2.27. The summed E-state index contributed by atoms with van der Waals surface area (Å²) in [4.78, 5) is 22.7. The number of nitrogens with one attached hydrogen (secondary N) is 1. The second kappa shape index (κ2) is 5.96. The largest absolute Gasteiger partial charge is 0.485 e. The second-order valence-corrected chi connectivity index (χ2v) is 5.11. The number of nitrogens with zero attached hydrogens (tertiary/aromatic N) is 1. The zero-order valence-electron chi connectivity index (χ0n) is 12.3. The number of hydrogen-bond acceptors (Lipinski definition) is 5. The number of rotatable bonds is 3. The molecule has 0 radical (unpaired) electrons. The van der Waals surface area contributed by atoms with Crippen LogP contribution >= 0.6 is 0 Å². The summed E-state index contributed by atoms with van der Waals surface area (Å²) in [7, 11) is 0. The van der Waals surface area contributed by atoms with E-state index in [2.05, 4.69) is 5.32 Å². The molecule has 0 saturated heterocycles. The van der Waals surface area contributed by atoms with Gasteiger partial charge in [0.2, 0.25) is 6.10 Å². The minimum absolute atomic E-state index is 0.0473. The molecule has 3 rings (SSSR count). The third kappa shape index (κ3) is 3.08. The van der Waals surface area contributed by atoms with Crippen LogP contribution in [0.25, 0.3) is 0 Å². The van der Waals surface area contributed by atoms with E-state index in [-0.39, 0.29) is 12.3 Å². The van der Waals surface area contributed by atoms with Gasteiger partial charge in [-0.25, -0.2) is 0 Å². The molecule has 7 heteroatoms. The van der Waals surface area contributed by atoms with E-state index in [1.807, 2.05) is 6.07 Å². The van der Waals surface area contributed by atoms with Gasteiger partial charge in [-0.3, -0.25) is 14.9 Å². The molecule has 1 N–H and O–H groups in total. The molecule has 0 spiro atoms. The summed E-state index contributed by atoms with van der Waals surface area (Å²) in [6.45, 7) is 1.72. The molecule has 1 heterocycles. The average molecular weight is 314 g/mol. The van der Waals surface area contributed by atoms with Crippen LogP contribution in [0.1, 0.15) is 5.56 Å². The van der Waals surface area contributed by atoms with Gasteiger partial charge in [0, 0.05) is 17.3 Å². The van der Waals surface area contributed by atoms with Gasteiger partial charge in [0.05, 0.1) is 4.92 Å². The van der Waals surface area contributed by atoms with E-state index in [1.165, 1.54) is 6.07 Å². The van der Waals surface area contributed by atoms with E-state index in [1.54, 1.807) is 37.3 Å². The molecule has 1 atom stereocenters. The molecular weight excluding hydrogens is 300 g/mol. The van der Waals surface area contributed by atoms with Gasteiger partial charge < -0.3 is 14.8 Å². The van der Waals surface area contributed by atoms with Gasteiger partial charge in [0.25, 0.3) is 11.6 Å². The number of nitro groups is 1. The molecule has 0 unspecified atom stereocenters.